The minimum absolute atomic E-state index is 0.00507. The van der Waals surface area contributed by atoms with Crippen molar-refractivity contribution >= 4 is 38.9 Å². The lowest BCUT2D eigenvalue weighted by Gasteiger charge is -2.71. The van der Waals surface area contributed by atoms with Crippen molar-refractivity contribution in [1.82, 2.24) is 0 Å². The van der Waals surface area contributed by atoms with Gasteiger partial charge in [0, 0.05) is 4.88 Å². The molecule has 0 unspecified atom stereocenters. The molecular weight excluding hydrogens is 653 g/mol. The van der Waals surface area contributed by atoms with Crippen molar-refractivity contribution in [3.63, 3.8) is 0 Å². The predicted octanol–water partition coefficient (Wildman–Crippen LogP) is 11.3. The molecule has 4 saturated carbocycles. The summed E-state index contributed by atoms with van der Waals surface area (Å²) in [5.41, 5.74) is 2.88. The largest absolute Gasteiger partial charge is 0.490 e. The van der Waals surface area contributed by atoms with Gasteiger partial charge in [0.05, 0.1) is 11.5 Å². The second-order valence-electron chi connectivity index (χ2n) is 18.3. The van der Waals surface area contributed by atoms with Crippen LogP contribution in [0.15, 0.2) is 42.0 Å². The number of hydrogen-bond acceptors (Lipinski definition) is 7. The van der Waals surface area contributed by atoms with Crippen LogP contribution in [0.3, 0.4) is 0 Å². The van der Waals surface area contributed by atoms with Crippen LogP contribution in [-0.4, -0.2) is 30.4 Å². The third-order valence-electron chi connectivity index (χ3n) is 15.2. The average molecular weight is 709 g/mol. The minimum Gasteiger partial charge on any atom is -0.490 e. The molecular formula is C41H56O4S3. The van der Waals surface area contributed by atoms with Gasteiger partial charge in [-0.15, -0.1) is 0 Å². The Balaban J connectivity index is 1.09. The molecule has 2 aromatic rings. The van der Waals surface area contributed by atoms with E-state index in [1.54, 1.807) is 26.3 Å². The van der Waals surface area contributed by atoms with Gasteiger partial charge in [-0.25, -0.2) is 0 Å². The Labute approximate surface area is 301 Å². The van der Waals surface area contributed by atoms with Gasteiger partial charge in [-0.05, 0) is 145 Å². The number of aliphatic hydroxyl groups is 1. The molecule has 0 amide bonds. The van der Waals surface area contributed by atoms with E-state index in [0.29, 0.717) is 18.4 Å². The van der Waals surface area contributed by atoms with Gasteiger partial charge in [0.15, 0.2) is 0 Å². The molecule has 0 aliphatic heterocycles. The van der Waals surface area contributed by atoms with E-state index in [4.69, 9.17) is 21.7 Å². The molecule has 48 heavy (non-hydrogen) atoms. The monoisotopic (exact) mass is 708 g/mol. The molecule has 1 N–H and O–H groups in total. The summed E-state index contributed by atoms with van der Waals surface area (Å²) >= 11 is 5.29. The summed E-state index contributed by atoms with van der Waals surface area (Å²) in [4.78, 5) is 15.5. The van der Waals surface area contributed by atoms with E-state index < -0.39 is 5.41 Å². The van der Waals surface area contributed by atoms with Crippen molar-refractivity contribution in [3.8, 4) is 16.2 Å². The Morgan fingerprint density at radius 1 is 0.896 bits per heavy atom. The molecule has 0 radical (unpaired) electrons. The standard InChI is InChI=1S/C41H56O4S3/c1-36(2)18-20-41(35(43)45-23-22-44-27-10-8-26(9-11-27)30-24-34(46)48-47-30)21-19-39(6)28(29(41)25-36)12-13-32-38(5)16-15-33(42)37(3,4)31(38)14-17-40(32,39)7/h8-12,24,29,31-33,42H,13-23,25H2,1-7H3/t29-,31-,32+,33-,38-,39+,40+,41-/m0/s1. The molecule has 0 saturated heterocycles. The molecule has 4 nitrogen and oxygen atoms in total. The Bertz CT molecular complexity index is 1630. The van der Waals surface area contributed by atoms with Gasteiger partial charge >= 0.3 is 5.97 Å². The fourth-order valence-corrected chi connectivity index (χ4v) is 14.5. The maximum Gasteiger partial charge on any atom is 0.312 e. The van der Waals surface area contributed by atoms with Crippen LogP contribution in [0.5, 0.6) is 5.75 Å². The smallest absolute Gasteiger partial charge is 0.312 e. The zero-order valence-electron chi connectivity index (χ0n) is 30.2. The fourth-order valence-electron chi connectivity index (χ4n) is 12.1. The highest BCUT2D eigenvalue weighted by Gasteiger charge is 2.69. The third kappa shape index (κ3) is 5.34. The molecule has 7 heteroatoms. The maximum absolute atomic E-state index is 14.3. The summed E-state index contributed by atoms with van der Waals surface area (Å²) in [6, 6.07) is 10.1. The fraction of sp³-hybridized carbons (Fsp3) is 0.707. The molecule has 0 spiro atoms. The van der Waals surface area contributed by atoms with Crippen LogP contribution in [0.25, 0.3) is 10.4 Å². The van der Waals surface area contributed by atoms with E-state index >= 15 is 0 Å². The van der Waals surface area contributed by atoms with Crippen LogP contribution in [0.4, 0.5) is 0 Å². The summed E-state index contributed by atoms with van der Waals surface area (Å²) in [6.07, 6.45) is 12.9. The summed E-state index contributed by atoms with van der Waals surface area (Å²) in [7, 11) is 3.32. The summed E-state index contributed by atoms with van der Waals surface area (Å²) in [5, 5.41) is 11.1. The molecule has 5 aliphatic rings. The maximum atomic E-state index is 14.3. The van der Waals surface area contributed by atoms with E-state index in [2.05, 4.69) is 66.7 Å². The van der Waals surface area contributed by atoms with Crippen molar-refractivity contribution in [2.24, 2.45) is 50.2 Å². The second kappa shape index (κ2) is 12.0. The molecule has 262 valence electrons. The number of ether oxygens (including phenoxy) is 2. The Morgan fingerprint density at radius 3 is 2.33 bits per heavy atom. The van der Waals surface area contributed by atoms with Gasteiger partial charge < -0.3 is 14.6 Å². The van der Waals surface area contributed by atoms with Crippen LogP contribution in [0.1, 0.15) is 113 Å². The van der Waals surface area contributed by atoms with Gasteiger partial charge in [0.25, 0.3) is 0 Å². The number of esters is 1. The Hall–Kier alpha value is -1.54. The number of allylic oxidation sites excluding steroid dienone is 2. The van der Waals surface area contributed by atoms with Gasteiger partial charge in [-0.2, -0.15) is 0 Å². The topological polar surface area (TPSA) is 55.8 Å². The van der Waals surface area contributed by atoms with Gasteiger partial charge in [0.2, 0.25) is 0 Å². The first kappa shape index (κ1) is 34.9. The molecule has 4 fully saturated rings. The highest BCUT2D eigenvalue weighted by atomic mass is 32.9. The van der Waals surface area contributed by atoms with Crippen LogP contribution < -0.4 is 4.74 Å². The van der Waals surface area contributed by atoms with Crippen LogP contribution in [-0.2, 0) is 9.53 Å². The molecule has 1 aromatic carbocycles. The van der Waals surface area contributed by atoms with Gasteiger partial charge in [-0.3, -0.25) is 4.79 Å². The average Bonchev–Trinajstić information content (AvgIpc) is 3.47. The molecule has 1 aromatic heterocycles. The first-order chi connectivity index (χ1) is 22.6. The minimum atomic E-state index is -0.449. The lowest BCUT2D eigenvalue weighted by Crippen LogP contribution is -2.65. The number of carbonyl (C=O) groups is 1. The lowest BCUT2D eigenvalue weighted by atomic mass is 9.33. The number of benzene rings is 1. The van der Waals surface area contributed by atoms with Gasteiger partial charge in [0.1, 0.15) is 22.8 Å². The molecule has 5 aliphatic carbocycles. The zero-order chi connectivity index (χ0) is 34.3. The van der Waals surface area contributed by atoms with Crippen molar-refractivity contribution in [2.75, 3.05) is 13.2 Å². The van der Waals surface area contributed by atoms with E-state index in [9.17, 15) is 9.90 Å². The first-order valence-electron chi connectivity index (χ1n) is 18.5. The summed E-state index contributed by atoms with van der Waals surface area (Å²) in [5.74, 6) is 2.14. The van der Waals surface area contributed by atoms with Crippen LogP contribution >= 0.6 is 32.9 Å². The number of aliphatic hydroxyl groups excluding tert-OH is 1. The highest BCUT2D eigenvalue weighted by molar-refractivity contribution is 7.80. The first-order valence-corrected chi connectivity index (χ1v) is 21.0. The third-order valence-corrected chi connectivity index (χ3v) is 18.1. The van der Waals surface area contributed by atoms with E-state index in [-0.39, 0.29) is 51.7 Å². The molecule has 7 rings (SSSR count). The molecule has 8 atom stereocenters. The van der Waals surface area contributed by atoms with Crippen molar-refractivity contribution in [1.29, 1.82) is 0 Å². The molecule has 0 bridgehead atoms. The van der Waals surface area contributed by atoms with E-state index in [1.807, 2.05) is 18.2 Å². The number of rotatable bonds is 6. The summed E-state index contributed by atoms with van der Waals surface area (Å²) < 4.78 is 13.1. The Kier molecular flexibility index (Phi) is 8.74. The highest BCUT2D eigenvalue weighted by Crippen LogP contribution is 2.75. The zero-order valence-corrected chi connectivity index (χ0v) is 32.6. The van der Waals surface area contributed by atoms with Crippen molar-refractivity contribution in [2.45, 2.75) is 119 Å². The molecule has 1 heterocycles. The van der Waals surface area contributed by atoms with Crippen LogP contribution in [0.2, 0.25) is 0 Å². The van der Waals surface area contributed by atoms with Crippen molar-refractivity contribution in [3.05, 3.63) is 45.8 Å². The van der Waals surface area contributed by atoms with Crippen molar-refractivity contribution < 1.29 is 19.4 Å². The van der Waals surface area contributed by atoms with E-state index in [1.165, 1.54) is 17.7 Å². The number of fused-ring (bicyclic) bond motifs is 7. The Morgan fingerprint density at radius 2 is 1.62 bits per heavy atom. The second-order valence-corrected chi connectivity index (χ2v) is 21.2. The van der Waals surface area contributed by atoms with E-state index in [0.717, 1.165) is 66.5 Å². The number of hydrogen-bond donors (Lipinski definition) is 1. The van der Waals surface area contributed by atoms with Gasteiger partial charge in [-0.1, -0.05) is 93.0 Å². The summed E-state index contributed by atoms with van der Waals surface area (Å²) in [6.45, 7) is 17.8. The quantitative estimate of drug-likeness (QED) is 0.106. The predicted molar refractivity (Wildman–Crippen MR) is 200 cm³/mol. The normalized spacial score (nSPS) is 39.5. The SMILES string of the molecule is CC1(C)CC[C@]2(C(=O)OCCOc3ccc(-c4cc(=S)ss4)cc3)CC[C@]3(C)C(=CC[C@@H]4[C@@]5(C)CC[C@H](O)C(C)(C)[C@@H]5CC[C@]43C)[C@@H]2C1. The van der Waals surface area contributed by atoms with Crippen LogP contribution in [0, 0.1) is 54.1 Å². The number of carbonyl (C=O) groups excluding carboxylic acids is 1. The lowest BCUT2D eigenvalue weighted by molar-refractivity contribution is -0.206.